The zero-order valence-electron chi connectivity index (χ0n) is 10.2. The van der Waals surface area contributed by atoms with E-state index in [9.17, 15) is 4.79 Å². The molecule has 0 spiro atoms. The van der Waals surface area contributed by atoms with Crippen LogP contribution in [0.25, 0.3) is 0 Å². The first-order chi connectivity index (χ1) is 8.81. The summed E-state index contributed by atoms with van der Waals surface area (Å²) in [6, 6.07) is 9.45. The molecule has 0 aliphatic rings. The SMILES string of the molecule is Br.NCCc1ocnc1C(=O)OCc1ccccc1. The summed E-state index contributed by atoms with van der Waals surface area (Å²) in [6.45, 7) is 0.614. The molecular formula is C13H15BrN2O3. The molecule has 5 nitrogen and oxygen atoms in total. The average Bonchev–Trinajstić information content (AvgIpc) is 2.86. The van der Waals surface area contributed by atoms with Crippen molar-refractivity contribution in [3.05, 3.63) is 53.7 Å². The third kappa shape index (κ3) is 4.18. The second-order valence-electron chi connectivity index (χ2n) is 3.72. The number of hydrogen-bond donors (Lipinski definition) is 1. The first-order valence-electron chi connectivity index (χ1n) is 5.64. The quantitative estimate of drug-likeness (QED) is 0.851. The number of carbonyl (C=O) groups is 1. The summed E-state index contributed by atoms with van der Waals surface area (Å²) in [6.07, 6.45) is 1.69. The van der Waals surface area contributed by atoms with Crippen LogP contribution in [0.15, 0.2) is 41.1 Å². The van der Waals surface area contributed by atoms with Gasteiger partial charge >= 0.3 is 5.97 Å². The molecule has 0 bridgehead atoms. The van der Waals surface area contributed by atoms with Crippen LogP contribution in [0.3, 0.4) is 0 Å². The molecule has 0 saturated carbocycles. The van der Waals surface area contributed by atoms with Gasteiger partial charge in [-0.05, 0) is 12.1 Å². The van der Waals surface area contributed by atoms with Crippen molar-refractivity contribution < 1.29 is 13.9 Å². The highest BCUT2D eigenvalue weighted by molar-refractivity contribution is 8.93. The number of benzene rings is 1. The van der Waals surface area contributed by atoms with Crippen LogP contribution in [0.4, 0.5) is 0 Å². The van der Waals surface area contributed by atoms with Crippen molar-refractivity contribution in [2.45, 2.75) is 13.0 Å². The molecule has 2 N–H and O–H groups in total. The van der Waals surface area contributed by atoms with Crippen LogP contribution >= 0.6 is 17.0 Å². The number of carbonyl (C=O) groups excluding carboxylic acids is 1. The lowest BCUT2D eigenvalue weighted by molar-refractivity contribution is 0.0464. The first-order valence-corrected chi connectivity index (χ1v) is 5.64. The van der Waals surface area contributed by atoms with Crippen molar-refractivity contribution in [1.82, 2.24) is 4.98 Å². The molecule has 1 aromatic carbocycles. The Bertz CT molecular complexity index is 514. The smallest absolute Gasteiger partial charge is 0.360 e. The zero-order valence-corrected chi connectivity index (χ0v) is 12.0. The lowest BCUT2D eigenvalue weighted by atomic mass is 10.2. The van der Waals surface area contributed by atoms with E-state index in [1.165, 1.54) is 6.39 Å². The normalized spacial score (nSPS) is 9.74. The molecule has 1 heterocycles. The van der Waals surface area contributed by atoms with Gasteiger partial charge in [0.1, 0.15) is 12.4 Å². The highest BCUT2D eigenvalue weighted by atomic mass is 79.9. The van der Waals surface area contributed by atoms with Gasteiger partial charge in [0.05, 0.1) is 0 Å². The predicted octanol–water partition coefficient (Wildman–Crippen LogP) is 2.11. The molecule has 102 valence electrons. The van der Waals surface area contributed by atoms with Crippen molar-refractivity contribution in [3.63, 3.8) is 0 Å². The van der Waals surface area contributed by atoms with Gasteiger partial charge in [0.2, 0.25) is 0 Å². The Morgan fingerprint density at radius 1 is 1.32 bits per heavy atom. The molecule has 0 fully saturated rings. The lowest BCUT2D eigenvalue weighted by Crippen LogP contribution is -2.11. The number of aromatic nitrogens is 1. The Hall–Kier alpha value is -1.66. The molecular weight excluding hydrogens is 312 g/mol. The van der Waals surface area contributed by atoms with Crippen LogP contribution in [0.5, 0.6) is 0 Å². The maximum absolute atomic E-state index is 11.8. The number of halogens is 1. The summed E-state index contributed by atoms with van der Waals surface area (Å²) < 4.78 is 10.2. The number of ether oxygens (including phenoxy) is 1. The van der Waals surface area contributed by atoms with Crippen molar-refractivity contribution in [1.29, 1.82) is 0 Å². The minimum absolute atomic E-state index is 0. The van der Waals surface area contributed by atoms with Gasteiger partial charge in [0.25, 0.3) is 0 Å². The molecule has 2 aromatic rings. The second kappa shape index (κ2) is 7.70. The van der Waals surface area contributed by atoms with Crippen LogP contribution in [0, 0.1) is 0 Å². The molecule has 0 atom stereocenters. The van der Waals surface area contributed by atoms with Crippen LogP contribution in [0.2, 0.25) is 0 Å². The molecule has 0 radical (unpaired) electrons. The fourth-order valence-corrected chi connectivity index (χ4v) is 1.54. The largest absolute Gasteiger partial charge is 0.456 e. The number of rotatable bonds is 5. The van der Waals surface area contributed by atoms with Gasteiger partial charge in [0.15, 0.2) is 12.1 Å². The molecule has 0 aliphatic carbocycles. The van der Waals surface area contributed by atoms with E-state index < -0.39 is 5.97 Å². The molecule has 0 unspecified atom stereocenters. The summed E-state index contributed by atoms with van der Waals surface area (Å²) in [4.78, 5) is 15.6. The van der Waals surface area contributed by atoms with Gasteiger partial charge < -0.3 is 14.9 Å². The topological polar surface area (TPSA) is 78.4 Å². The Morgan fingerprint density at radius 2 is 2.05 bits per heavy atom. The van der Waals surface area contributed by atoms with E-state index in [4.69, 9.17) is 14.9 Å². The summed E-state index contributed by atoms with van der Waals surface area (Å²) >= 11 is 0. The minimum Gasteiger partial charge on any atom is -0.456 e. The van der Waals surface area contributed by atoms with Crippen LogP contribution in [-0.2, 0) is 17.8 Å². The van der Waals surface area contributed by atoms with Crippen molar-refractivity contribution in [2.75, 3.05) is 6.54 Å². The third-order valence-electron chi connectivity index (χ3n) is 2.42. The monoisotopic (exact) mass is 326 g/mol. The lowest BCUT2D eigenvalue weighted by Gasteiger charge is -2.03. The molecule has 2 rings (SSSR count). The summed E-state index contributed by atoms with van der Waals surface area (Å²) in [7, 11) is 0. The minimum atomic E-state index is -0.490. The highest BCUT2D eigenvalue weighted by Gasteiger charge is 2.17. The first kappa shape index (κ1) is 15.4. The molecule has 0 amide bonds. The molecule has 1 aromatic heterocycles. The number of nitrogens with two attached hydrogens (primary N) is 1. The molecule has 19 heavy (non-hydrogen) atoms. The van der Waals surface area contributed by atoms with Gasteiger partial charge in [0, 0.05) is 6.42 Å². The van der Waals surface area contributed by atoms with E-state index in [0.29, 0.717) is 18.7 Å². The summed E-state index contributed by atoms with van der Waals surface area (Å²) in [5.41, 5.74) is 6.54. The molecule has 0 saturated heterocycles. The van der Waals surface area contributed by atoms with E-state index >= 15 is 0 Å². The molecule has 0 aliphatic heterocycles. The Kier molecular flexibility index (Phi) is 6.24. The van der Waals surface area contributed by atoms with Crippen molar-refractivity contribution in [3.8, 4) is 0 Å². The highest BCUT2D eigenvalue weighted by Crippen LogP contribution is 2.10. The van der Waals surface area contributed by atoms with Gasteiger partial charge in [-0.25, -0.2) is 9.78 Å². The van der Waals surface area contributed by atoms with E-state index in [0.717, 1.165) is 5.56 Å². The molecule has 6 heteroatoms. The Morgan fingerprint density at radius 3 is 2.74 bits per heavy atom. The van der Waals surface area contributed by atoms with E-state index in [-0.39, 0.29) is 29.3 Å². The number of oxazole rings is 1. The zero-order chi connectivity index (χ0) is 12.8. The third-order valence-corrected chi connectivity index (χ3v) is 2.42. The van der Waals surface area contributed by atoms with Gasteiger partial charge in [-0.15, -0.1) is 17.0 Å². The fourth-order valence-electron chi connectivity index (χ4n) is 1.54. The maximum atomic E-state index is 11.8. The van der Waals surface area contributed by atoms with Gasteiger partial charge in [-0.1, -0.05) is 30.3 Å². The van der Waals surface area contributed by atoms with Crippen molar-refractivity contribution in [2.24, 2.45) is 5.73 Å². The standard InChI is InChI=1S/C13H14N2O3.BrH/c14-7-6-11-12(15-9-18-11)13(16)17-8-10-4-2-1-3-5-10;/h1-5,9H,6-8,14H2;1H. The van der Waals surface area contributed by atoms with Gasteiger partial charge in [-0.3, -0.25) is 0 Å². The maximum Gasteiger partial charge on any atom is 0.360 e. The summed E-state index contributed by atoms with van der Waals surface area (Å²) in [5, 5.41) is 0. The number of nitrogens with zero attached hydrogens (tertiary/aromatic N) is 1. The fraction of sp³-hybridized carbons (Fsp3) is 0.231. The summed E-state index contributed by atoms with van der Waals surface area (Å²) in [5.74, 6) is -0.0217. The number of hydrogen-bond acceptors (Lipinski definition) is 5. The number of esters is 1. The van der Waals surface area contributed by atoms with Crippen LogP contribution < -0.4 is 5.73 Å². The Balaban J connectivity index is 0.00000180. The average molecular weight is 327 g/mol. The van der Waals surface area contributed by atoms with Crippen LogP contribution in [0.1, 0.15) is 21.8 Å². The van der Waals surface area contributed by atoms with Crippen LogP contribution in [-0.4, -0.2) is 17.5 Å². The second-order valence-corrected chi connectivity index (χ2v) is 3.72. The van der Waals surface area contributed by atoms with Crippen molar-refractivity contribution >= 4 is 23.0 Å². The van der Waals surface area contributed by atoms with E-state index in [1.54, 1.807) is 0 Å². The van der Waals surface area contributed by atoms with E-state index in [2.05, 4.69) is 4.98 Å². The van der Waals surface area contributed by atoms with Gasteiger partial charge in [-0.2, -0.15) is 0 Å². The van der Waals surface area contributed by atoms with E-state index in [1.807, 2.05) is 30.3 Å². The Labute approximate surface area is 121 Å². The predicted molar refractivity (Wildman–Crippen MR) is 75.1 cm³/mol.